The fraction of sp³-hybridized carbons (Fsp3) is 0.250. The first-order chi connectivity index (χ1) is 7.08. The van der Waals surface area contributed by atoms with Crippen molar-refractivity contribution in [2.75, 3.05) is 13.4 Å². The lowest BCUT2D eigenvalue weighted by Gasteiger charge is -1.94. The summed E-state index contributed by atoms with van der Waals surface area (Å²) in [5.74, 6) is -0.397. The fourth-order valence-corrected chi connectivity index (χ4v) is 3.62. The van der Waals surface area contributed by atoms with E-state index in [1.54, 1.807) is 6.07 Å². The summed E-state index contributed by atoms with van der Waals surface area (Å²) >= 11 is 3.68. The summed E-state index contributed by atoms with van der Waals surface area (Å²) in [5.41, 5.74) is 5.07. The van der Waals surface area contributed by atoms with Gasteiger partial charge in [-0.05, 0) is 24.1 Å². The van der Waals surface area contributed by atoms with Crippen LogP contribution in [-0.2, 0) is 4.74 Å². The quantitative estimate of drug-likeness (QED) is 0.670. The second kappa shape index (κ2) is 5.43. The van der Waals surface area contributed by atoms with Crippen LogP contribution in [-0.4, -0.2) is 24.6 Å². The molecule has 0 saturated carbocycles. The zero-order chi connectivity index (χ0) is 11.4. The Hall–Kier alpha value is -0.660. The molecule has 1 heterocycles. The van der Waals surface area contributed by atoms with Crippen LogP contribution in [0.3, 0.4) is 0 Å². The maximum atomic E-state index is 11.2. The molecule has 0 bridgehead atoms. The average molecular weight is 263 g/mol. The molecule has 4 nitrogen and oxygen atoms in total. The van der Waals surface area contributed by atoms with E-state index in [0.29, 0.717) is 9.77 Å². The first kappa shape index (κ1) is 12.4. The summed E-state index contributed by atoms with van der Waals surface area (Å²) in [6.45, 7) is 0. The van der Waals surface area contributed by atoms with Gasteiger partial charge in [0.2, 0.25) is 0 Å². The molecule has 0 radical (unpaired) electrons. The lowest BCUT2D eigenvalue weighted by molar-refractivity contribution is 0.0606. The number of hydrogen-bond acceptors (Lipinski definition) is 6. The largest absolute Gasteiger partial charge is 0.465 e. The molecule has 1 amide bonds. The van der Waals surface area contributed by atoms with Gasteiger partial charge in [0.25, 0.3) is 5.24 Å². The van der Waals surface area contributed by atoms with Crippen molar-refractivity contribution < 1.29 is 14.3 Å². The van der Waals surface area contributed by atoms with Gasteiger partial charge in [0.1, 0.15) is 4.88 Å². The molecule has 15 heavy (non-hydrogen) atoms. The first-order valence-corrected chi connectivity index (χ1v) is 6.67. The number of amides is 1. The molecular weight excluding hydrogens is 254 g/mol. The Balaban J connectivity index is 2.99. The maximum absolute atomic E-state index is 11.2. The lowest BCUT2D eigenvalue weighted by Crippen LogP contribution is -2.01. The van der Waals surface area contributed by atoms with Gasteiger partial charge in [0.15, 0.2) is 0 Å². The summed E-state index contributed by atoms with van der Waals surface area (Å²) in [6, 6.07) is 1.62. The molecule has 0 fully saturated rings. The van der Waals surface area contributed by atoms with Crippen LogP contribution in [0.2, 0.25) is 0 Å². The van der Waals surface area contributed by atoms with Crippen molar-refractivity contribution in [3.8, 4) is 0 Å². The molecule has 2 N–H and O–H groups in total. The number of thiophene rings is 1. The van der Waals surface area contributed by atoms with Crippen molar-refractivity contribution in [1.29, 1.82) is 0 Å². The van der Waals surface area contributed by atoms with Crippen molar-refractivity contribution in [3.05, 3.63) is 10.9 Å². The van der Waals surface area contributed by atoms with Gasteiger partial charge >= 0.3 is 5.97 Å². The molecule has 0 aliphatic carbocycles. The minimum atomic E-state index is -0.487. The number of carbonyl (C=O) groups excluding carboxylic acids is 2. The van der Waals surface area contributed by atoms with Crippen molar-refractivity contribution in [2.24, 2.45) is 5.73 Å². The number of thioether (sulfide) groups is 2. The van der Waals surface area contributed by atoms with Crippen LogP contribution < -0.4 is 5.73 Å². The van der Waals surface area contributed by atoms with Gasteiger partial charge in [-0.2, -0.15) is 0 Å². The Bertz CT molecular complexity index is 388. The monoisotopic (exact) mass is 263 g/mol. The van der Waals surface area contributed by atoms with E-state index in [9.17, 15) is 9.59 Å². The van der Waals surface area contributed by atoms with E-state index < -0.39 is 11.2 Å². The van der Waals surface area contributed by atoms with E-state index >= 15 is 0 Å². The fourth-order valence-electron chi connectivity index (χ4n) is 0.881. The normalized spacial score (nSPS) is 10.0. The van der Waals surface area contributed by atoms with Gasteiger partial charge in [-0.1, -0.05) is 0 Å². The number of primary amides is 1. The zero-order valence-corrected chi connectivity index (χ0v) is 10.6. The van der Waals surface area contributed by atoms with Crippen LogP contribution in [0, 0.1) is 0 Å². The van der Waals surface area contributed by atoms with Crippen LogP contribution in [0.1, 0.15) is 9.67 Å². The third kappa shape index (κ3) is 3.15. The Labute approximate surface area is 99.6 Å². The number of methoxy groups -OCH3 is 1. The van der Waals surface area contributed by atoms with E-state index in [-0.39, 0.29) is 0 Å². The predicted octanol–water partition coefficient (Wildman–Crippen LogP) is 2.43. The highest BCUT2D eigenvalue weighted by Crippen LogP contribution is 2.37. The Morgan fingerprint density at radius 3 is 2.67 bits per heavy atom. The van der Waals surface area contributed by atoms with E-state index in [1.807, 2.05) is 6.26 Å². The van der Waals surface area contributed by atoms with Crippen LogP contribution >= 0.6 is 34.9 Å². The standard InChI is InChI=1S/C8H9NO3S3/c1-12-6(10)4-3-5(15-8(9)11)7(13-2)14-4/h3H,1-2H3,(H2,9,11). The molecule has 0 aliphatic rings. The zero-order valence-electron chi connectivity index (χ0n) is 8.10. The van der Waals surface area contributed by atoms with Crippen molar-refractivity contribution >= 4 is 46.1 Å². The Morgan fingerprint density at radius 1 is 1.53 bits per heavy atom. The second-order valence-electron chi connectivity index (χ2n) is 2.38. The van der Waals surface area contributed by atoms with Crippen LogP contribution in [0.4, 0.5) is 4.79 Å². The molecule has 0 atom stereocenters. The summed E-state index contributed by atoms with van der Waals surface area (Å²) in [5, 5.41) is -0.487. The maximum Gasteiger partial charge on any atom is 0.348 e. The molecule has 0 spiro atoms. The van der Waals surface area contributed by atoms with E-state index in [0.717, 1.165) is 16.0 Å². The third-order valence-electron chi connectivity index (χ3n) is 1.45. The van der Waals surface area contributed by atoms with Crippen molar-refractivity contribution in [2.45, 2.75) is 9.10 Å². The Kier molecular flexibility index (Phi) is 4.49. The second-order valence-corrected chi connectivity index (χ2v) is 5.55. The third-order valence-corrected chi connectivity index (χ3v) is 4.70. The van der Waals surface area contributed by atoms with Gasteiger partial charge in [-0.15, -0.1) is 23.1 Å². The Morgan fingerprint density at radius 2 is 2.20 bits per heavy atom. The smallest absolute Gasteiger partial charge is 0.348 e. The van der Waals surface area contributed by atoms with Crippen molar-refractivity contribution in [1.82, 2.24) is 0 Å². The predicted molar refractivity (Wildman–Crippen MR) is 62.9 cm³/mol. The van der Waals surface area contributed by atoms with Gasteiger partial charge in [0, 0.05) is 4.90 Å². The summed E-state index contributed by atoms with van der Waals surface area (Å²) in [6.07, 6.45) is 1.87. The number of hydrogen-bond donors (Lipinski definition) is 1. The molecule has 0 aliphatic heterocycles. The van der Waals surface area contributed by atoms with E-state index in [4.69, 9.17) is 5.73 Å². The van der Waals surface area contributed by atoms with Crippen molar-refractivity contribution in [3.63, 3.8) is 0 Å². The molecule has 0 saturated heterocycles. The number of esters is 1. The minimum absolute atomic E-state index is 0.397. The topological polar surface area (TPSA) is 69.4 Å². The van der Waals surface area contributed by atoms with Gasteiger partial charge < -0.3 is 10.5 Å². The molecule has 0 unspecified atom stereocenters. The molecule has 7 heteroatoms. The van der Waals surface area contributed by atoms with Crippen LogP contribution in [0.25, 0.3) is 0 Å². The summed E-state index contributed by atoms with van der Waals surface area (Å²) in [4.78, 5) is 23.2. The number of nitrogens with two attached hydrogens (primary N) is 1. The molecule has 1 rings (SSSR count). The average Bonchev–Trinajstić information content (AvgIpc) is 2.59. The van der Waals surface area contributed by atoms with Gasteiger partial charge in [-0.3, -0.25) is 4.79 Å². The highest BCUT2D eigenvalue weighted by Gasteiger charge is 2.16. The minimum Gasteiger partial charge on any atom is -0.465 e. The van der Waals surface area contributed by atoms with Gasteiger partial charge in [0.05, 0.1) is 11.3 Å². The van der Waals surface area contributed by atoms with Gasteiger partial charge in [-0.25, -0.2) is 4.79 Å². The van der Waals surface area contributed by atoms with Crippen LogP contribution in [0.15, 0.2) is 15.2 Å². The number of carbonyl (C=O) groups is 2. The molecule has 1 aromatic rings. The summed E-state index contributed by atoms with van der Waals surface area (Å²) in [7, 11) is 1.32. The SMILES string of the molecule is COC(=O)c1cc(SC(N)=O)c(SC)s1. The molecule has 1 aromatic heterocycles. The first-order valence-electron chi connectivity index (χ1n) is 3.82. The summed E-state index contributed by atoms with van der Waals surface area (Å²) < 4.78 is 5.48. The van der Waals surface area contributed by atoms with Crippen LogP contribution in [0.5, 0.6) is 0 Å². The number of rotatable bonds is 3. The molecule has 82 valence electrons. The molecular formula is C8H9NO3S3. The highest BCUT2D eigenvalue weighted by atomic mass is 32.2. The van der Waals surface area contributed by atoms with E-state index in [1.165, 1.54) is 30.2 Å². The molecule has 0 aromatic carbocycles. The highest BCUT2D eigenvalue weighted by molar-refractivity contribution is 8.14. The lowest BCUT2D eigenvalue weighted by atomic mass is 10.5. The number of ether oxygens (including phenoxy) is 1. The van der Waals surface area contributed by atoms with E-state index in [2.05, 4.69) is 4.74 Å².